The first-order chi connectivity index (χ1) is 8.29. The Labute approximate surface area is 100 Å². The van der Waals surface area contributed by atoms with Gasteiger partial charge in [0.25, 0.3) is 0 Å². The average Bonchev–Trinajstić information content (AvgIpc) is 3.18. The summed E-state index contributed by atoms with van der Waals surface area (Å²) in [4.78, 5) is 2.15. The van der Waals surface area contributed by atoms with E-state index in [9.17, 15) is 5.26 Å². The lowest BCUT2D eigenvalue weighted by atomic mass is 10.1. The lowest BCUT2D eigenvalue weighted by molar-refractivity contribution is 0.694. The molecule has 1 aliphatic carbocycles. The van der Waals surface area contributed by atoms with E-state index in [1.807, 2.05) is 12.1 Å². The smallest absolute Gasteiger partial charge is 0.128 e. The molecule has 1 saturated carbocycles. The molecule has 0 unspecified atom stereocenters. The summed E-state index contributed by atoms with van der Waals surface area (Å²) >= 11 is 0. The largest absolute Gasteiger partial charge is 0.382 e. The van der Waals surface area contributed by atoms with E-state index >= 15 is 0 Å². The van der Waals surface area contributed by atoms with Crippen LogP contribution in [0.5, 0.6) is 0 Å². The van der Waals surface area contributed by atoms with Gasteiger partial charge in [-0.1, -0.05) is 0 Å². The third-order valence-corrected chi connectivity index (χ3v) is 3.52. The summed E-state index contributed by atoms with van der Waals surface area (Å²) in [6, 6.07) is 10.2. The highest BCUT2D eigenvalue weighted by Gasteiger charge is 2.49. The predicted molar refractivity (Wildman–Crippen MR) is 64.6 cm³/mol. The highest BCUT2D eigenvalue weighted by molar-refractivity contribution is 5.76. The number of hydrogen-bond donors (Lipinski definition) is 1. The second-order valence-corrected chi connectivity index (χ2v) is 4.57. The van der Waals surface area contributed by atoms with E-state index in [0.29, 0.717) is 5.56 Å². The third kappa shape index (κ3) is 1.42. The van der Waals surface area contributed by atoms with Crippen molar-refractivity contribution < 1.29 is 0 Å². The molecule has 0 spiro atoms. The van der Waals surface area contributed by atoms with Crippen LogP contribution >= 0.6 is 0 Å². The summed E-state index contributed by atoms with van der Waals surface area (Å²) in [7, 11) is 0. The normalized spacial score (nSPS) is 19.5. The monoisotopic (exact) mass is 224 g/mol. The molecule has 17 heavy (non-hydrogen) atoms. The quantitative estimate of drug-likeness (QED) is 0.790. The maximum Gasteiger partial charge on any atom is 0.128 e. The third-order valence-electron chi connectivity index (χ3n) is 3.52. The minimum Gasteiger partial charge on any atom is -0.382 e. The Balaban J connectivity index is 2.07. The number of fused-ring (bicyclic) bond motifs is 1. The van der Waals surface area contributed by atoms with Crippen molar-refractivity contribution in [3.8, 4) is 12.1 Å². The molecule has 2 aliphatic rings. The number of hydrogen-bond acceptors (Lipinski definition) is 4. The predicted octanol–water partition coefficient (Wildman–Crippen LogP) is 1.85. The molecule has 0 radical (unpaired) electrons. The van der Waals surface area contributed by atoms with Gasteiger partial charge in [-0.25, -0.2) is 0 Å². The Hall–Kier alpha value is -2.20. The fraction of sp³-hybridized carbons (Fsp3) is 0.385. The first-order valence-electron chi connectivity index (χ1n) is 5.76. The molecule has 1 aliphatic heterocycles. The molecule has 4 nitrogen and oxygen atoms in total. The molecular weight excluding hydrogens is 212 g/mol. The van der Waals surface area contributed by atoms with Gasteiger partial charge in [0.15, 0.2) is 0 Å². The highest BCUT2D eigenvalue weighted by Crippen LogP contribution is 2.46. The van der Waals surface area contributed by atoms with Gasteiger partial charge < -0.3 is 10.2 Å². The zero-order chi connectivity index (χ0) is 11.9. The second-order valence-electron chi connectivity index (χ2n) is 4.57. The maximum atomic E-state index is 9.28. The van der Waals surface area contributed by atoms with Gasteiger partial charge in [0.1, 0.15) is 5.54 Å². The Kier molecular flexibility index (Phi) is 2.00. The van der Waals surface area contributed by atoms with Gasteiger partial charge in [0, 0.05) is 13.1 Å². The Morgan fingerprint density at radius 1 is 1.29 bits per heavy atom. The van der Waals surface area contributed by atoms with Gasteiger partial charge in [-0.2, -0.15) is 10.5 Å². The van der Waals surface area contributed by atoms with E-state index in [1.54, 1.807) is 6.07 Å². The van der Waals surface area contributed by atoms with Crippen molar-refractivity contribution in [1.82, 2.24) is 0 Å². The van der Waals surface area contributed by atoms with Crippen molar-refractivity contribution >= 4 is 11.4 Å². The highest BCUT2D eigenvalue weighted by atomic mass is 15.3. The standard InChI is InChI=1S/C13H12N4/c14-8-10-1-2-11-12(7-10)17(6-5-16-11)13(9-15)3-4-13/h1-2,7,16H,3-6H2. The van der Waals surface area contributed by atoms with Gasteiger partial charge in [0.2, 0.25) is 0 Å². The van der Waals surface area contributed by atoms with E-state index in [4.69, 9.17) is 5.26 Å². The van der Waals surface area contributed by atoms with Crippen molar-refractivity contribution in [1.29, 1.82) is 10.5 Å². The van der Waals surface area contributed by atoms with Gasteiger partial charge in [-0.05, 0) is 31.0 Å². The minimum absolute atomic E-state index is 0.315. The summed E-state index contributed by atoms with van der Waals surface area (Å²) in [6.45, 7) is 1.68. The molecule has 4 heteroatoms. The van der Waals surface area contributed by atoms with Gasteiger partial charge in [-0.15, -0.1) is 0 Å². The van der Waals surface area contributed by atoms with Crippen LogP contribution in [0.15, 0.2) is 18.2 Å². The van der Waals surface area contributed by atoms with Crippen LogP contribution in [0, 0.1) is 22.7 Å². The van der Waals surface area contributed by atoms with Crippen LogP contribution in [-0.2, 0) is 0 Å². The summed E-state index contributed by atoms with van der Waals surface area (Å²) in [5.41, 5.74) is 2.35. The Morgan fingerprint density at radius 3 is 2.76 bits per heavy atom. The first kappa shape index (κ1) is 9.99. The van der Waals surface area contributed by atoms with Crippen LogP contribution in [-0.4, -0.2) is 18.6 Å². The van der Waals surface area contributed by atoms with Crippen molar-refractivity contribution in [3.05, 3.63) is 23.8 Å². The molecule has 1 aromatic carbocycles. The van der Waals surface area contributed by atoms with Crippen molar-refractivity contribution in [2.45, 2.75) is 18.4 Å². The zero-order valence-corrected chi connectivity index (χ0v) is 9.40. The molecule has 1 aromatic rings. The fourth-order valence-electron chi connectivity index (χ4n) is 2.40. The number of rotatable bonds is 1. The molecule has 0 aromatic heterocycles. The van der Waals surface area contributed by atoms with E-state index in [2.05, 4.69) is 22.4 Å². The van der Waals surface area contributed by atoms with Crippen molar-refractivity contribution in [3.63, 3.8) is 0 Å². The van der Waals surface area contributed by atoms with Crippen molar-refractivity contribution in [2.24, 2.45) is 0 Å². The SMILES string of the molecule is N#Cc1ccc2c(c1)N(C1(C#N)CC1)CCN2. The second kappa shape index (κ2) is 3.40. The summed E-state index contributed by atoms with van der Waals surface area (Å²) < 4.78 is 0. The van der Waals surface area contributed by atoms with E-state index in [0.717, 1.165) is 37.3 Å². The number of nitriles is 2. The molecule has 0 saturated heterocycles. The Morgan fingerprint density at radius 2 is 2.12 bits per heavy atom. The van der Waals surface area contributed by atoms with Crippen LogP contribution in [0.1, 0.15) is 18.4 Å². The molecule has 0 atom stereocenters. The van der Waals surface area contributed by atoms with E-state index < -0.39 is 0 Å². The average molecular weight is 224 g/mol. The first-order valence-corrected chi connectivity index (χ1v) is 5.76. The number of nitrogens with one attached hydrogen (secondary N) is 1. The van der Waals surface area contributed by atoms with Crippen LogP contribution in [0.4, 0.5) is 11.4 Å². The van der Waals surface area contributed by atoms with Gasteiger partial charge >= 0.3 is 0 Å². The van der Waals surface area contributed by atoms with Crippen LogP contribution in [0.25, 0.3) is 0 Å². The molecule has 1 heterocycles. The van der Waals surface area contributed by atoms with E-state index in [1.165, 1.54) is 0 Å². The molecule has 1 N–H and O–H groups in total. The summed E-state index contributed by atoms with van der Waals surface area (Å²) in [5.74, 6) is 0. The number of anilines is 2. The Bertz CT molecular complexity index is 546. The molecule has 3 rings (SSSR count). The van der Waals surface area contributed by atoms with Crippen LogP contribution < -0.4 is 10.2 Å². The lowest BCUT2D eigenvalue weighted by Crippen LogP contribution is -2.42. The topological polar surface area (TPSA) is 62.9 Å². The van der Waals surface area contributed by atoms with Gasteiger partial charge in [0.05, 0.1) is 29.1 Å². The molecule has 1 fully saturated rings. The molecule has 0 bridgehead atoms. The molecule has 0 amide bonds. The number of benzene rings is 1. The minimum atomic E-state index is -0.315. The molecule has 84 valence electrons. The number of nitrogens with zero attached hydrogens (tertiary/aromatic N) is 3. The molecular formula is C13H12N4. The van der Waals surface area contributed by atoms with Crippen LogP contribution in [0.3, 0.4) is 0 Å². The zero-order valence-electron chi connectivity index (χ0n) is 9.40. The fourth-order valence-corrected chi connectivity index (χ4v) is 2.40. The summed E-state index contributed by atoms with van der Waals surface area (Å²) in [6.07, 6.45) is 1.86. The maximum absolute atomic E-state index is 9.28. The van der Waals surface area contributed by atoms with Crippen molar-refractivity contribution in [2.75, 3.05) is 23.3 Å². The lowest BCUT2D eigenvalue weighted by Gasteiger charge is -2.35. The summed E-state index contributed by atoms with van der Waals surface area (Å²) in [5, 5.41) is 21.5. The van der Waals surface area contributed by atoms with Gasteiger partial charge in [-0.3, -0.25) is 0 Å². The van der Waals surface area contributed by atoms with E-state index in [-0.39, 0.29) is 5.54 Å². The van der Waals surface area contributed by atoms with Crippen LogP contribution in [0.2, 0.25) is 0 Å².